The highest BCUT2D eigenvalue weighted by Gasteiger charge is 2.04. The predicted octanol–water partition coefficient (Wildman–Crippen LogP) is 1.94. The topological polar surface area (TPSA) is 42.0 Å². The normalized spacial score (nSPS) is 9.86. The molecular weight excluding hydrogens is 264 g/mol. The van der Waals surface area contributed by atoms with E-state index in [1.54, 1.807) is 30.2 Å². The van der Waals surface area contributed by atoms with E-state index in [2.05, 4.69) is 26.2 Å². The van der Waals surface area contributed by atoms with Gasteiger partial charge in [0.15, 0.2) is 0 Å². The van der Waals surface area contributed by atoms with E-state index in [-0.39, 0.29) is 5.91 Å². The van der Waals surface area contributed by atoms with E-state index in [0.29, 0.717) is 12.1 Å². The largest absolute Gasteiger partial charge is 0.351 e. The summed E-state index contributed by atoms with van der Waals surface area (Å²) in [6, 6.07) is 1.75. The molecule has 0 aliphatic rings. The lowest BCUT2D eigenvalue weighted by molar-refractivity contribution is 0.0956. The average molecular weight is 275 g/mol. The van der Waals surface area contributed by atoms with E-state index in [9.17, 15) is 4.79 Å². The minimum atomic E-state index is -0.0761. The lowest BCUT2D eigenvalue weighted by Gasteiger charge is -2.03. The first-order valence-corrected chi connectivity index (χ1v) is 6.30. The lowest BCUT2D eigenvalue weighted by Crippen LogP contribution is -2.25. The van der Waals surface area contributed by atoms with E-state index in [1.807, 2.05) is 6.26 Å². The molecule has 0 fully saturated rings. The van der Waals surface area contributed by atoms with Gasteiger partial charge in [0.25, 0.3) is 5.91 Å². The highest BCUT2D eigenvalue weighted by atomic mass is 79.9. The van der Waals surface area contributed by atoms with Gasteiger partial charge in [0, 0.05) is 29.2 Å². The molecule has 0 aliphatic heterocycles. The molecule has 0 aliphatic carbocycles. The first-order valence-electron chi connectivity index (χ1n) is 4.11. The van der Waals surface area contributed by atoms with Crippen LogP contribution in [0.3, 0.4) is 0 Å². The second kappa shape index (κ2) is 6.03. The van der Waals surface area contributed by atoms with Gasteiger partial charge in [-0.1, -0.05) is 0 Å². The highest BCUT2D eigenvalue weighted by Crippen LogP contribution is 2.09. The third kappa shape index (κ3) is 3.67. The zero-order valence-electron chi connectivity index (χ0n) is 7.79. The molecule has 3 nitrogen and oxygen atoms in total. The third-order valence-electron chi connectivity index (χ3n) is 1.56. The summed E-state index contributed by atoms with van der Waals surface area (Å²) in [5.74, 6) is 0.848. The Morgan fingerprint density at radius 1 is 1.64 bits per heavy atom. The monoisotopic (exact) mass is 274 g/mol. The molecule has 0 unspecified atom stereocenters. The smallest absolute Gasteiger partial charge is 0.252 e. The molecule has 0 saturated carbocycles. The fourth-order valence-electron chi connectivity index (χ4n) is 0.905. The molecular formula is C9H11BrN2OS. The molecule has 0 atom stereocenters. The number of nitrogens with one attached hydrogen (secondary N) is 1. The number of rotatable bonds is 4. The van der Waals surface area contributed by atoms with E-state index in [4.69, 9.17) is 0 Å². The number of carbonyl (C=O) groups excluding carboxylic acids is 1. The van der Waals surface area contributed by atoms with Crippen LogP contribution in [-0.4, -0.2) is 29.4 Å². The number of halogens is 1. The van der Waals surface area contributed by atoms with Crippen LogP contribution < -0.4 is 5.32 Å². The van der Waals surface area contributed by atoms with Gasteiger partial charge in [-0.05, 0) is 28.3 Å². The standard InChI is InChI=1S/C9H11BrN2OS/c1-14-3-2-12-9(13)7-4-8(10)6-11-5-7/h4-6H,2-3H2,1H3,(H,12,13). The quantitative estimate of drug-likeness (QED) is 0.854. The summed E-state index contributed by atoms with van der Waals surface area (Å²) in [6.07, 6.45) is 5.21. The number of carbonyl (C=O) groups is 1. The van der Waals surface area contributed by atoms with Gasteiger partial charge in [-0.3, -0.25) is 9.78 Å². The first kappa shape index (κ1) is 11.5. The summed E-state index contributed by atoms with van der Waals surface area (Å²) in [4.78, 5) is 15.4. The van der Waals surface area contributed by atoms with Gasteiger partial charge in [-0.15, -0.1) is 0 Å². The average Bonchev–Trinajstić information content (AvgIpc) is 2.18. The number of pyridine rings is 1. The Hall–Kier alpha value is -0.550. The van der Waals surface area contributed by atoms with Crippen molar-refractivity contribution < 1.29 is 4.79 Å². The highest BCUT2D eigenvalue weighted by molar-refractivity contribution is 9.10. The predicted molar refractivity (Wildman–Crippen MR) is 62.7 cm³/mol. The van der Waals surface area contributed by atoms with Gasteiger partial charge in [-0.25, -0.2) is 0 Å². The Morgan fingerprint density at radius 2 is 2.43 bits per heavy atom. The Balaban J connectivity index is 2.52. The Bertz CT molecular complexity index is 319. The van der Waals surface area contributed by atoms with Crippen LogP contribution in [0.25, 0.3) is 0 Å². The molecule has 1 rings (SSSR count). The minimum Gasteiger partial charge on any atom is -0.351 e. The molecule has 1 amide bonds. The Morgan fingerprint density at radius 3 is 3.07 bits per heavy atom. The maximum absolute atomic E-state index is 11.5. The second-order valence-corrected chi connectivity index (χ2v) is 4.54. The van der Waals surface area contributed by atoms with Gasteiger partial charge in [0.1, 0.15) is 0 Å². The van der Waals surface area contributed by atoms with Crippen molar-refractivity contribution in [2.45, 2.75) is 0 Å². The van der Waals surface area contributed by atoms with Crippen LogP contribution in [0.1, 0.15) is 10.4 Å². The minimum absolute atomic E-state index is 0.0761. The third-order valence-corrected chi connectivity index (χ3v) is 2.60. The van der Waals surface area contributed by atoms with Crippen molar-refractivity contribution in [1.29, 1.82) is 0 Å². The molecule has 5 heteroatoms. The maximum atomic E-state index is 11.5. The van der Waals surface area contributed by atoms with Crippen LogP contribution in [0.5, 0.6) is 0 Å². The van der Waals surface area contributed by atoms with Crippen LogP contribution in [-0.2, 0) is 0 Å². The molecule has 14 heavy (non-hydrogen) atoms. The van der Waals surface area contributed by atoms with Crippen molar-refractivity contribution in [3.05, 3.63) is 28.5 Å². The summed E-state index contributed by atoms with van der Waals surface area (Å²) in [5.41, 5.74) is 0.584. The van der Waals surface area contributed by atoms with Crippen molar-refractivity contribution in [3.8, 4) is 0 Å². The molecule has 0 saturated heterocycles. The van der Waals surface area contributed by atoms with Crippen molar-refractivity contribution in [2.75, 3.05) is 18.6 Å². The molecule has 1 aromatic heterocycles. The maximum Gasteiger partial charge on any atom is 0.252 e. The molecule has 1 aromatic rings. The molecule has 0 aromatic carbocycles. The summed E-state index contributed by atoms with van der Waals surface area (Å²) < 4.78 is 0.815. The SMILES string of the molecule is CSCCNC(=O)c1cncc(Br)c1. The van der Waals surface area contributed by atoms with Crippen molar-refractivity contribution in [1.82, 2.24) is 10.3 Å². The van der Waals surface area contributed by atoms with Crippen LogP contribution in [0, 0.1) is 0 Å². The van der Waals surface area contributed by atoms with Crippen molar-refractivity contribution in [3.63, 3.8) is 0 Å². The first-order chi connectivity index (χ1) is 6.74. The number of thioether (sulfide) groups is 1. The van der Waals surface area contributed by atoms with E-state index in [1.165, 1.54) is 0 Å². The van der Waals surface area contributed by atoms with E-state index in [0.717, 1.165) is 10.2 Å². The number of hydrogen-bond acceptors (Lipinski definition) is 3. The molecule has 76 valence electrons. The Kier molecular flexibility index (Phi) is 4.97. The van der Waals surface area contributed by atoms with E-state index >= 15 is 0 Å². The van der Waals surface area contributed by atoms with Gasteiger partial charge < -0.3 is 5.32 Å². The van der Waals surface area contributed by atoms with Gasteiger partial charge in [0.2, 0.25) is 0 Å². The molecule has 1 heterocycles. The van der Waals surface area contributed by atoms with Crippen LogP contribution in [0.2, 0.25) is 0 Å². The molecule has 0 bridgehead atoms. The zero-order chi connectivity index (χ0) is 10.4. The second-order valence-electron chi connectivity index (χ2n) is 2.64. The number of hydrogen-bond donors (Lipinski definition) is 1. The number of nitrogens with zero attached hydrogens (tertiary/aromatic N) is 1. The molecule has 0 radical (unpaired) electrons. The van der Waals surface area contributed by atoms with Gasteiger partial charge in [-0.2, -0.15) is 11.8 Å². The van der Waals surface area contributed by atoms with E-state index < -0.39 is 0 Å². The number of amides is 1. The Labute approximate surface area is 95.8 Å². The van der Waals surface area contributed by atoms with Crippen molar-refractivity contribution >= 4 is 33.6 Å². The van der Waals surface area contributed by atoms with Gasteiger partial charge in [0.05, 0.1) is 5.56 Å². The fraction of sp³-hybridized carbons (Fsp3) is 0.333. The summed E-state index contributed by atoms with van der Waals surface area (Å²) >= 11 is 4.97. The van der Waals surface area contributed by atoms with Crippen molar-refractivity contribution in [2.24, 2.45) is 0 Å². The zero-order valence-corrected chi connectivity index (χ0v) is 10.2. The molecule has 0 spiro atoms. The van der Waals surface area contributed by atoms with Gasteiger partial charge >= 0.3 is 0 Å². The lowest BCUT2D eigenvalue weighted by atomic mass is 10.3. The number of aromatic nitrogens is 1. The fourth-order valence-corrected chi connectivity index (χ4v) is 1.58. The summed E-state index contributed by atoms with van der Waals surface area (Å²) in [7, 11) is 0. The van der Waals surface area contributed by atoms with Crippen LogP contribution in [0.15, 0.2) is 22.9 Å². The van der Waals surface area contributed by atoms with Crippen LogP contribution >= 0.6 is 27.7 Å². The van der Waals surface area contributed by atoms with Crippen LogP contribution in [0.4, 0.5) is 0 Å². The molecule has 1 N–H and O–H groups in total. The summed E-state index contributed by atoms with van der Waals surface area (Å²) in [5, 5.41) is 2.81. The summed E-state index contributed by atoms with van der Waals surface area (Å²) in [6.45, 7) is 0.687.